The summed E-state index contributed by atoms with van der Waals surface area (Å²) < 4.78 is 0. The predicted molar refractivity (Wildman–Crippen MR) is 64.2 cm³/mol. The van der Waals surface area contributed by atoms with Crippen LogP contribution in [0.15, 0.2) is 24.3 Å². The molecule has 0 fully saturated rings. The SMILES string of the molecule is CCC(CC)C(=O)Cc1ccc(Cl)cc1. The Kier molecular flexibility index (Phi) is 4.83. The van der Waals surface area contributed by atoms with E-state index in [1.54, 1.807) is 0 Å². The van der Waals surface area contributed by atoms with Crippen LogP contribution in [0.25, 0.3) is 0 Å². The number of carbonyl (C=O) groups excluding carboxylic acids is 1. The lowest BCUT2D eigenvalue weighted by Crippen LogP contribution is -2.15. The number of Topliss-reactive ketones (excluding diaryl/α,β-unsaturated/α-hetero) is 1. The van der Waals surface area contributed by atoms with Crippen molar-refractivity contribution in [1.82, 2.24) is 0 Å². The molecule has 0 saturated heterocycles. The van der Waals surface area contributed by atoms with Crippen LogP contribution in [-0.2, 0) is 11.2 Å². The van der Waals surface area contributed by atoms with E-state index in [2.05, 4.69) is 13.8 Å². The van der Waals surface area contributed by atoms with Gasteiger partial charge in [-0.15, -0.1) is 0 Å². The highest BCUT2D eigenvalue weighted by Crippen LogP contribution is 2.15. The average molecular weight is 225 g/mol. The van der Waals surface area contributed by atoms with Crippen LogP contribution < -0.4 is 0 Å². The third kappa shape index (κ3) is 3.67. The van der Waals surface area contributed by atoms with Crippen molar-refractivity contribution in [2.45, 2.75) is 33.1 Å². The highest BCUT2D eigenvalue weighted by Gasteiger charge is 2.14. The molecule has 15 heavy (non-hydrogen) atoms. The molecular weight excluding hydrogens is 208 g/mol. The first-order valence-electron chi connectivity index (χ1n) is 5.44. The summed E-state index contributed by atoms with van der Waals surface area (Å²) in [6.07, 6.45) is 2.40. The predicted octanol–water partition coefficient (Wildman–Crippen LogP) is 3.89. The standard InChI is InChI=1S/C13H17ClO/c1-3-11(4-2)13(15)9-10-5-7-12(14)8-6-10/h5-8,11H,3-4,9H2,1-2H3. The second kappa shape index (κ2) is 5.92. The molecule has 0 unspecified atom stereocenters. The Labute approximate surface area is 96.5 Å². The molecule has 0 aliphatic heterocycles. The molecule has 1 aromatic carbocycles. The quantitative estimate of drug-likeness (QED) is 0.742. The molecule has 0 saturated carbocycles. The Bertz CT molecular complexity index is 312. The summed E-state index contributed by atoms with van der Waals surface area (Å²) in [6.45, 7) is 4.13. The Morgan fingerprint density at radius 3 is 2.20 bits per heavy atom. The van der Waals surface area contributed by atoms with Crippen molar-refractivity contribution >= 4 is 17.4 Å². The van der Waals surface area contributed by atoms with Crippen molar-refractivity contribution in [3.8, 4) is 0 Å². The molecule has 82 valence electrons. The number of halogens is 1. The molecule has 1 aromatic rings. The zero-order chi connectivity index (χ0) is 11.3. The van der Waals surface area contributed by atoms with Crippen molar-refractivity contribution < 1.29 is 4.79 Å². The minimum absolute atomic E-state index is 0.209. The van der Waals surface area contributed by atoms with Gasteiger partial charge in [0.25, 0.3) is 0 Å². The van der Waals surface area contributed by atoms with E-state index in [1.165, 1.54) is 0 Å². The van der Waals surface area contributed by atoms with Gasteiger partial charge in [-0.2, -0.15) is 0 Å². The van der Waals surface area contributed by atoms with Gasteiger partial charge in [-0.05, 0) is 30.5 Å². The van der Waals surface area contributed by atoms with E-state index < -0.39 is 0 Å². The number of hydrogen-bond acceptors (Lipinski definition) is 1. The summed E-state index contributed by atoms with van der Waals surface area (Å²) in [5, 5.41) is 0.716. The number of rotatable bonds is 5. The van der Waals surface area contributed by atoms with Crippen molar-refractivity contribution in [3.63, 3.8) is 0 Å². The largest absolute Gasteiger partial charge is 0.299 e. The second-order valence-electron chi connectivity index (χ2n) is 3.78. The molecule has 0 amide bonds. The Morgan fingerprint density at radius 1 is 1.20 bits per heavy atom. The third-order valence-corrected chi connectivity index (χ3v) is 2.98. The summed E-state index contributed by atoms with van der Waals surface area (Å²) in [5.41, 5.74) is 1.05. The molecule has 0 N–H and O–H groups in total. The van der Waals surface area contributed by atoms with Gasteiger partial charge in [-0.3, -0.25) is 4.79 Å². The first-order valence-corrected chi connectivity index (χ1v) is 5.82. The number of benzene rings is 1. The van der Waals surface area contributed by atoms with E-state index in [1.807, 2.05) is 24.3 Å². The average Bonchev–Trinajstić information content (AvgIpc) is 2.23. The zero-order valence-corrected chi connectivity index (χ0v) is 10.1. The van der Waals surface area contributed by atoms with E-state index >= 15 is 0 Å². The number of carbonyl (C=O) groups is 1. The molecule has 0 bridgehead atoms. The first kappa shape index (κ1) is 12.3. The van der Waals surface area contributed by atoms with E-state index in [0.29, 0.717) is 17.2 Å². The molecule has 2 heteroatoms. The fraction of sp³-hybridized carbons (Fsp3) is 0.462. The van der Waals surface area contributed by atoms with Gasteiger partial charge in [-0.1, -0.05) is 37.6 Å². The van der Waals surface area contributed by atoms with Crippen molar-refractivity contribution in [3.05, 3.63) is 34.9 Å². The second-order valence-corrected chi connectivity index (χ2v) is 4.22. The van der Waals surface area contributed by atoms with Crippen LogP contribution in [0.3, 0.4) is 0 Å². The first-order chi connectivity index (χ1) is 7.17. The highest BCUT2D eigenvalue weighted by atomic mass is 35.5. The summed E-state index contributed by atoms with van der Waals surface area (Å²) in [4.78, 5) is 11.8. The van der Waals surface area contributed by atoms with Gasteiger partial charge < -0.3 is 0 Å². The summed E-state index contributed by atoms with van der Waals surface area (Å²) in [5.74, 6) is 0.544. The lowest BCUT2D eigenvalue weighted by atomic mass is 9.93. The Morgan fingerprint density at radius 2 is 1.73 bits per heavy atom. The maximum Gasteiger partial charge on any atom is 0.140 e. The molecule has 0 radical (unpaired) electrons. The van der Waals surface area contributed by atoms with Crippen molar-refractivity contribution in [2.24, 2.45) is 5.92 Å². The van der Waals surface area contributed by atoms with Gasteiger partial charge in [0, 0.05) is 17.4 Å². The molecular formula is C13H17ClO. The Hall–Kier alpha value is -0.820. The van der Waals surface area contributed by atoms with Gasteiger partial charge in [0.2, 0.25) is 0 Å². The Balaban J connectivity index is 2.61. The number of ketones is 1. The van der Waals surface area contributed by atoms with Crippen LogP contribution in [0, 0.1) is 5.92 Å². The van der Waals surface area contributed by atoms with Crippen LogP contribution in [0.4, 0.5) is 0 Å². The summed E-state index contributed by atoms with van der Waals surface area (Å²) in [6, 6.07) is 7.50. The fourth-order valence-corrected chi connectivity index (χ4v) is 1.82. The maximum atomic E-state index is 11.8. The van der Waals surface area contributed by atoms with Crippen LogP contribution in [0.2, 0.25) is 5.02 Å². The molecule has 0 spiro atoms. The lowest BCUT2D eigenvalue weighted by molar-refractivity contribution is -0.122. The van der Waals surface area contributed by atoms with Crippen LogP contribution in [0.1, 0.15) is 32.3 Å². The van der Waals surface area contributed by atoms with Crippen LogP contribution >= 0.6 is 11.6 Å². The molecule has 1 rings (SSSR count). The fourth-order valence-electron chi connectivity index (χ4n) is 1.69. The number of hydrogen-bond donors (Lipinski definition) is 0. The summed E-state index contributed by atoms with van der Waals surface area (Å²) in [7, 11) is 0. The zero-order valence-electron chi connectivity index (χ0n) is 9.29. The maximum absolute atomic E-state index is 11.8. The van der Waals surface area contributed by atoms with Crippen molar-refractivity contribution in [1.29, 1.82) is 0 Å². The highest BCUT2D eigenvalue weighted by molar-refractivity contribution is 6.30. The van der Waals surface area contributed by atoms with Crippen LogP contribution in [-0.4, -0.2) is 5.78 Å². The smallest absolute Gasteiger partial charge is 0.140 e. The van der Waals surface area contributed by atoms with Crippen molar-refractivity contribution in [2.75, 3.05) is 0 Å². The molecule has 0 atom stereocenters. The normalized spacial score (nSPS) is 10.7. The molecule has 0 aliphatic rings. The van der Waals surface area contributed by atoms with Crippen LogP contribution in [0.5, 0.6) is 0 Å². The van der Waals surface area contributed by atoms with Gasteiger partial charge in [-0.25, -0.2) is 0 Å². The van der Waals surface area contributed by atoms with E-state index in [-0.39, 0.29) is 5.92 Å². The monoisotopic (exact) mass is 224 g/mol. The van der Waals surface area contributed by atoms with Gasteiger partial charge in [0.1, 0.15) is 5.78 Å². The lowest BCUT2D eigenvalue weighted by Gasteiger charge is -2.10. The molecule has 0 heterocycles. The molecule has 0 aromatic heterocycles. The van der Waals surface area contributed by atoms with Gasteiger partial charge in [0.05, 0.1) is 0 Å². The topological polar surface area (TPSA) is 17.1 Å². The van der Waals surface area contributed by atoms with E-state index in [0.717, 1.165) is 18.4 Å². The summed E-state index contributed by atoms with van der Waals surface area (Å²) >= 11 is 5.78. The third-order valence-electron chi connectivity index (χ3n) is 2.73. The minimum Gasteiger partial charge on any atom is -0.299 e. The van der Waals surface area contributed by atoms with Gasteiger partial charge >= 0.3 is 0 Å². The van der Waals surface area contributed by atoms with E-state index in [4.69, 9.17) is 11.6 Å². The van der Waals surface area contributed by atoms with E-state index in [9.17, 15) is 4.79 Å². The molecule has 0 aliphatic carbocycles. The molecule has 1 nitrogen and oxygen atoms in total. The minimum atomic E-state index is 0.209. The van der Waals surface area contributed by atoms with Gasteiger partial charge in [0.15, 0.2) is 0 Å².